The van der Waals surface area contributed by atoms with E-state index >= 15 is 0 Å². The number of ether oxygens (including phenoxy) is 6. The number of unbranched alkanes of at least 4 members (excludes halogenated alkanes) is 19. The fraction of sp³-hybridized carbons (Fsp3) is 0.842. The monoisotopic (exact) mass is 1090 g/mol. The highest BCUT2D eigenvalue weighted by molar-refractivity contribution is 5.76. The van der Waals surface area contributed by atoms with Crippen LogP contribution >= 0.6 is 0 Å². The van der Waals surface area contributed by atoms with E-state index in [0.29, 0.717) is 12.8 Å². The fourth-order valence-corrected chi connectivity index (χ4v) is 9.54. The second-order valence-electron chi connectivity index (χ2n) is 20.7. The first-order valence-corrected chi connectivity index (χ1v) is 28.9. The van der Waals surface area contributed by atoms with Crippen molar-refractivity contribution >= 4 is 5.91 Å². The van der Waals surface area contributed by atoms with Crippen LogP contribution in [0.3, 0.4) is 0 Å². The number of aliphatic hydroxyl groups excluding tert-OH is 11. The van der Waals surface area contributed by atoms with Crippen LogP contribution in [-0.4, -0.2) is 193 Å². The Labute approximate surface area is 453 Å². The SMILES string of the molecule is CCC/C=C\C/C=C\CCCCCCCC(=O)NC(COC1OC(CO)C(OC2OC(CO)C(OC3OC(CO)C(O)C(O)C3O)C(O)C2O)C(O)C1O)C(O)/C=C/CC/C=C/CCCCCCCCCCCCCC. The number of carbonyl (C=O) groups is 1. The van der Waals surface area contributed by atoms with Crippen LogP contribution in [-0.2, 0) is 33.2 Å². The summed E-state index contributed by atoms with van der Waals surface area (Å²) in [5.41, 5.74) is 0. The molecule has 3 saturated heterocycles. The lowest BCUT2D eigenvalue weighted by molar-refractivity contribution is -0.379. The molecule has 12 N–H and O–H groups in total. The lowest BCUT2D eigenvalue weighted by Crippen LogP contribution is -2.66. The molecular formula is C57H101NO18. The zero-order valence-corrected chi connectivity index (χ0v) is 45.7. The van der Waals surface area contributed by atoms with Gasteiger partial charge in [0.05, 0.1) is 38.6 Å². The van der Waals surface area contributed by atoms with Gasteiger partial charge in [0.15, 0.2) is 18.9 Å². The molecule has 442 valence electrons. The number of carbonyl (C=O) groups excluding carboxylic acids is 1. The van der Waals surface area contributed by atoms with Gasteiger partial charge in [0.2, 0.25) is 5.91 Å². The molecule has 0 aromatic rings. The first-order valence-electron chi connectivity index (χ1n) is 28.9. The van der Waals surface area contributed by atoms with Crippen LogP contribution in [0.25, 0.3) is 0 Å². The van der Waals surface area contributed by atoms with Crippen molar-refractivity contribution in [2.45, 2.75) is 279 Å². The molecule has 3 rings (SSSR count). The van der Waals surface area contributed by atoms with Crippen molar-refractivity contribution < 1.29 is 89.4 Å². The van der Waals surface area contributed by atoms with E-state index in [1.165, 1.54) is 70.6 Å². The van der Waals surface area contributed by atoms with Crippen LogP contribution in [0, 0.1) is 0 Å². The Balaban J connectivity index is 1.54. The maximum Gasteiger partial charge on any atom is 0.220 e. The Bertz CT molecular complexity index is 1580. The number of hydrogen-bond acceptors (Lipinski definition) is 18. The minimum atomic E-state index is -1.98. The normalized spacial score (nSPS) is 31.3. The van der Waals surface area contributed by atoms with Crippen molar-refractivity contribution in [1.82, 2.24) is 5.32 Å². The number of nitrogens with one attached hydrogen (secondary N) is 1. The summed E-state index contributed by atoms with van der Waals surface area (Å²) in [7, 11) is 0. The first kappa shape index (κ1) is 68.0. The quantitative estimate of drug-likeness (QED) is 0.0300. The van der Waals surface area contributed by atoms with Crippen molar-refractivity contribution in [2.75, 3.05) is 26.4 Å². The summed E-state index contributed by atoms with van der Waals surface area (Å²) >= 11 is 0. The van der Waals surface area contributed by atoms with Gasteiger partial charge in [0.1, 0.15) is 73.2 Å². The molecule has 3 heterocycles. The van der Waals surface area contributed by atoms with E-state index in [1.807, 2.05) is 6.08 Å². The molecule has 19 nitrogen and oxygen atoms in total. The summed E-state index contributed by atoms with van der Waals surface area (Å²) < 4.78 is 34.2. The van der Waals surface area contributed by atoms with Crippen LogP contribution in [0.2, 0.25) is 0 Å². The number of amides is 1. The van der Waals surface area contributed by atoms with Crippen LogP contribution in [0.15, 0.2) is 48.6 Å². The Morgan fingerprint density at radius 2 is 0.908 bits per heavy atom. The van der Waals surface area contributed by atoms with Gasteiger partial charge in [0, 0.05) is 6.42 Å². The van der Waals surface area contributed by atoms with Gasteiger partial charge in [-0.25, -0.2) is 0 Å². The molecule has 17 unspecified atom stereocenters. The van der Waals surface area contributed by atoms with Crippen LogP contribution in [0.5, 0.6) is 0 Å². The average Bonchev–Trinajstić information content (AvgIpc) is 3.41. The van der Waals surface area contributed by atoms with Crippen molar-refractivity contribution in [2.24, 2.45) is 0 Å². The highest BCUT2D eigenvalue weighted by Gasteiger charge is 2.53. The molecule has 0 aromatic carbocycles. The molecule has 0 saturated carbocycles. The standard InChI is InChI=1S/C57H101NO18/c1-3-5-7-9-11-13-15-17-18-19-20-21-23-24-26-28-30-32-34-41(62)40(58-45(63)35-33-31-29-27-25-22-16-14-12-10-8-6-4-2)39-71-55-51(69)48(66)53(43(37-60)73-55)76-57-52(70)49(67)54(44(38-61)74-57)75-56-50(68)47(65)46(64)42(36-59)72-56/h8,10,14,16,24,26,32,34,40-44,46-57,59-62,64-70H,3-7,9,11-13,15,17-23,25,27-31,33,35-39H2,1-2H3,(H,58,63)/b10-8-,16-14-,26-24+,34-32+. The third-order valence-corrected chi connectivity index (χ3v) is 14.3. The Hall–Kier alpha value is -2.25. The third-order valence-electron chi connectivity index (χ3n) is 14.3. The zero-order chi connectivity index (χ0) is 55.5. The summed E-state index contributed by atoms with van der Waals surface area (Å²) in [6.07, 6.45) is 16.7. The smallest absolute Gasteiger partial charge is 0.220 e. The third kappa shape index (κ3) is 25.0. The molecule has 3 aliphatic heterocycles. The number of hydrogen-bond donors (Lipinski definition) is 12. The predicted molar refractivity (Wildman–Crippen MR) is 286 cm³/mol. The molecule has 19 heteroatoms. The van der Waals surface area contributed by atoms with Crippen LogP contribution in [0.4, 0.5) is 0 Å². The molecule has 0 spiro atoms. The highest BCUT2D eigenvalue weighted by atomic mass is 16.8. The van der Waals surface area contributed by atoms with E-state index < -0.39 is 124 Å². The van der Waals surface area contributed by atoms with Crippen LogP contribution < -0.4 is 5.32 Å². The molecule has 76 heavy (non-hydrogen) atoms. The Kier molecular flexibility index (Phi) is 36.6. The summed E-state index contributed by atoms with van der Waals surface area (Å²) in [5, 5.41) is 120. The predicted octanol–water partition coefficient (Wildman–Crippen LogP) is 4.31. The zero-order valence-electron chi connectivity index (χ0n) is 45.7. The average molecular weight is 1090 g/mol. The number of rotatable bonds is 41. The van der Waals surface area contributed by atoms with E-state index in [4.69, 9.17) is 28.4 Å². The number of aliphatic hydroxyl groups is 11. The molecule has 3 fully saturated rings. The van der Waals surface area contributed by atoms with Crippen LogP contribution in [0.1, 0.15) is 174 Å². The first-order chi connectivity index (χ1) is 36.8. The summed E-state index contributed by atoms with van der Waals surface area (Å²) in [6, 6.07) is -0.996. The van der Waals surface area contributed by atoms with Gasteiger partial charge in [-0.15, -0.1) is 0 Å². The lowest BCUT2D eigenvalue weighted by atomic mass is 9.96. The second-order valence-corrected chi connectivity index (χ2v) is 20.7. The van der Waals surface area contributed by atoms with Crippen molar-refractivity contribution in [3.63, 3.8) is 0 Å². The summed E-state index contributed by atoms with van der Waals surface area (Å²) in [6.45, 7) is 1.60. The molecule has 3 aliphatic rings. The molecule has 0 aromatic heterocycles. The van der Waals surface area contributed by atoms with Gasteiger partial charge in [-0.2, -0.15) is 0 Å². The van der Waals surface area contributed by atoms with Gasteiger partial charge in [-0.3, -0.25) is 4.79 Å². The molecule has 0 bridgehead atoms. The maximum absolute atomic E-state index is 13.3. The van der Waals surface area contributed by atoms with Gasteiger partial charge in [-0.1, -0.05) is 159 Å². The second kappa shape index (κ2) is 40.9. The van der Waals surface area contributed by atoms with E-state index in [9.17, 15) is 61.0 Å². The number of allylic oxidation sites excluding steroid dienone is 7. The highest BCUT2D eigenvalue weighted by Crippen LogP contribution is 2.33. The summed E-state index contributed by atoms with van der Waals surface area (Å²) in [5.74, 6) is -0.303. The Morgan fingerprint density at radius 3 is 1.45 bits per heavy atom. The van der Waals surface area contributed by atoms with Crippen molar-refractivity contribution in [3.8, 4) is 0 Å². The molecule has 0 aliphatic carbocycles. The van der Waals surface area contributed by atoms with Crippen molar-refractivity contribution in [1.29, 1.82) is 0 Å². The lowest BCUT2D eigenvalue weighted by Gasteiger charge is -2.48. The van der Waals surface area contributed by atoms with Gasteiger partial charge < -0.3 is 89.9 Å². The maximum atomic E-state index is 13.3. The molecule has 17 atom stereocenters. The van der Waals surface area contributed by atoms with Crippen molar-refractivity contribution in [3.05, 3.63) is 48.6 Å². The van der Waals surface area contributed by atoms with Gasteiger partial charge in [-0.05, 0) is 57.8 Å². The largest absolute Gasteiger partial charge is 0.394 e. The Morgan fingerprint density at radius 1 is 0.474 bits per heavy atom. The fourth-order valence-electron chi connectivity index (χ4n) is 9.54. The molecular weight excluding hydrogens is 987 g/mol. The summed E-state index contributed by atoms with van der Waals surface area (Å²) in [4.78, 5) is 13.3. The topological polar surface area (TPSA) is 307 Å². The van der Waals surface area contributed by atoms with Gasteiger partial charge in [0.25, 0.3) is 0 Å². The van der Waals surface area contributed by atoms with E-state index in [2.05, 4.69) is 55.6 Å². The van der Waals surface area contributed by atoms with E-state index in [1.54, 1.807) is 6.08 Å². The molecule has 0 radical (unpaired) electrons. The van der Waals surface area contributed by atoms with E-state index in [-0.39, 0.29) is 18.9 Å². The van der Waals surface area contributed by atoms with E-state index in [0.717, 1.165) is 70.6 Å². The molecule has 1 amide bonds. The van der Waals surface area contributed by atoms with Gasteiger partial charge >= 0.3 is 0 Å². The minimum absolute atomic E-state index is 0.218. The minimum Gasteiger partial charge on any atom is -0.394 e.